The SMILES string of the molecule is CCC(Sc1nc2ccccc2s1)C(=O)N/N=C\c1cccc(Cl)c1. The Labute approximate surface area is 159 Å². The molecule has 0 fully saturated rings. The highest BCUT2D eigenvalue weighted by Crippen LogP contribution is 2.33. The van der Waals surface area contributed by atoms with Crippen LogP contribution in [0.4, 0.5) is 0 Å². The summed E-state index contributed by atoms with van der Waals surface area (Å²) >= 11 is 9.00. The van der Waals surface area contributed by atoms with Gasteiger partial charge in [-0.1, -0.05) is 54.6 Å². The van der Waals surface area contributed by atoms with Gasteiger partial charge in [-0.2, -0.15) is 5.10 Å². The number of fused-ring (bicyclic) bond motifs is 1. The van der Waals surface area contributed by atoms with E-state index in [0.717, 1.165) is 20.1 Å². The summed E-state index contributed by atoms with van der Waals surface area (Å²) in [5.74, 6) is -0.134. The normalized spacial score (nSPS) is 12.6. The Bertz CT molecular complexity index is 877. The number of para-hydroxylation sites is 1. The molecule has 3 aromatic rings. The predicted octanol–water partition coefficient (Wildman–Crippen LogP) is 4.97. The molecule has 0 saturated heterocycles. The molecule has 7 heteroatoms. The van der Waals surface area contributed by atoms with Crippen LogP contribution in [0.2, 0.25) is 5.02 Å². The van der Waals surface area contributed by atoms with Crippen LogP contribution in [0.1, 0.15) is 18.9 Å². The number of aromatic nitrogens is 1. The van der Waals surface area contributed by atoms with Gasteiger partial charge in [-0.25, -0.2) is 10.4 Å². The smallest absolute Gasteiger partial charge is 0.253 e. The minimum atomic E-state index is -0.239. The van der Waals surface area contributed by atoms with E-state index in [1.54, 1.807) is 29.7 Å². The number of halogens is 1. The molecule has 0 aliphatic heterocycles. The minimum absolute atomic E-state index is 0.134. The molecule has 0 aliphatic carbocycles. The van der Waals surface area contributed by atoms with Crippen LogP contribution < -0.4 is 5.43 Å². The Morgan fingerprint density at radius 2 is 2.20 bits per heavy atom. The lowest BCUT2D eigenvalue weighted by molar-refractivity contribution is -0.120. The molecule has 1 heterocycles. The molecule has 0 saturated carbocycles. The Hall–Kier alpha value is -1.89. The molecular formula is C18H16ClN3OS2. The quantitative estimate of drug-likeness (QED) is 0.368. The van der Waals surface area contributed by atoms with Gasteiger partial charge in [-0.15, -0.1) is 11.3 Å². The lowest BCUT2D eigenvalue weighted by Crippen LogP contribution is -2.28. The maximum atomic E-state index is 12.4. The zero-order valence-corrected chi connectivity index (χ0v) is 15.9. The van der Waals surface area contributed by atoms with Crippen LogP contribution >= 0.6 is 34.7 Å². The summed E-state index contributed by atoms with van der Waals surface area (Å²) in [5, 5.41) is 4.42. The van der Waals surface area contributed by atoms with Crippen molar-refractivity contribution in [1.82, 2.24) is 10.4 Å². The number of nitrogens with one attached hydrogen (secondary N) is 1. The van der Waals surface area contributed by atoms with Crippen LogP contribution in [0.3, 0.4) is 0 Å². The number of rotatable bonds is 6. The van der Waals surface area contributed by atoms with E-state index in [-0.39, 0.29) is 11.2 Å². The average molecular weight is 390 g/mol. The molecule has 128 valence electrons. The van der Waals surface area contributed by atoms with E-state index < -0.39 is 0 Å². The number of hydrogen-bond donors (Lipinski definition) is 1. The number of carbonyl (C=O) groups is 1. The molecule has 1 unspecified atom stereocenters. The van der Waals surface area contributed by atoms with Gasteiger partial charge in [0.25, 0.3) is 5.91 Å². The van der Waals surface area contributed by atoms with Gasteiger partial charge >= 0.3 is 0 Å². The number of thioether (sulfide) groups is 1. The maximum absolute atomic E-state index is 12.4. The third-order valence-corrected chi connectivity index (χ3v) is 6.15. The van der Waals surface area contributed by atoms with E-state index in [1.807, 2.05) is 43.3 Å². The zero-order valence-electron chi connectivity index (χ0n) is 13.5. The minimum Gasteiger partial charge on any atom is -0.272 e. The summed E-state index contributed by atoms with van der Waals surface area (Å²) in [6.45, 7) is 1.98. The molecule has 0 aliphatic rings. The van der Waals surface area contributed by atoms with E-state index in [4.69, 9.17) is 11.6 Å². The Morgan fingerprint density at radius 3 is 2.96 bits per heavy atom. The van der Waals surface area contributed by atoms with Crippen LogP contribution in [-0.2, 0) is 4.79 Å². The first kappa shape index (κ1) is 17.9. The van der Waals surface area contributed by atoms with Crippen molar-refractivity contribution in [3.63, 3.8) is 0 Å². The molecule has 1 aromatic heterocycles. The van der Waals surface area contributed by atoms with E-state index in [1.165, 1.54) is 11.8 Å². The van der Waals surface area contributed by atoms with Gasteiger partial charge < -0.3 is 0 Å². The van der Waals surface area contributed by atoms with Gasteiger partial charge in [0.1, 0.15) is 0 Å². The highest BCUT2D eigenvalue weighted by molar-refractivity contribution is 8.02. The topological polar surface area (TPSA) is 54.4 Å². The van der Waals surface area contributed by atoms with E-state index >= 15 is 0 Å². The maximum Gasteiger partial charge on any atom is 0.253 e. The third kappa shape index (κ3) is 4.81. The van der Waals surface area contributed by atoms with Gasteiger partial charge in [0.15, 0.2) is 4.34 Å². The van der Waals surface area contributed by atoms with Gasteiger partial charge in [0.2, 0.25) is 0 Å². The Balaban J connectivity index is 1.62. The number of carbonyl (C=O) groups excluding carboxylic acids is 1. The Kier molecular flexibility index (Phi) is 6.07. The van der Waals surface area contributed by atoms with E-state index in [9.17, 15) is 4.79 Å². The van der Waals surface area contributed by atoms with Crippen molar-refractivity contribution in [3.05, 3.63) is 59.1 Å². The number of hydrazone groups is 1. The van der Waals surface area contributed by atoms with Gasteiger partial charge in [0, 0.05) is 5.02 Å². The number of thiazole rings is 1. The molecule has 0 bridgehead atoms. The van der Waals surface area contributed by atoms with E-state index in [0.29, 0.717) is 11.4 Å². The first-order valence-corrected chi connectivity index (χ1v) is 9.84. The van der Waals surface area contributed by atoms with Crippen molar-refractivity contribution >= 4 is 57.0 Å². The fraction of sp³-hybridized carbons (Fsp3) is 0.167. The van der Waals surface area contributed by atoms with Crippen molar-refractivity contribution in [2.24, 2.45) is 5.10 Å². The first-order chi connectivity index (χ1) is 12.2. The molecule has 4 nitrogen and oxygen atoms in total. The van der Waals surface area contributed by atoms with Crippen LogP contribution in [0.5, 0.6) is 0 Å². The number of benzene rings is 2. The van der Waals surface area contributed by atoms with Gasteiger partial charge in [-0.05, 0) is 36.2 Å². The molecular weight excluding hydrogens is 374 g/mol. The zero-order chi connectivity index (χ0) is 17.6. The molecule has 1 atom stereocenters. The molecule has 1 amide bonds. The van der Waals surface area contributed by atoms with Crippen molar-refractivity contribution in [1.29, 1.82) is 0 Å². The predicted molar refractivity (Wildman–Crippen MR) is 107 cm³/mol. The molecule has 2 aromatic carbocycles. The average Bonchev–Trinajstić information content (AvgIpc) is 3.02. The standard InChI is InChI=1S/C18H16ClN3OS2/c1-2-15(24-18-21-14-8-3-4-9-16(14)25-18)17(23)22-20-11-12-6-5-7-13(19)10-12/h3-11,15H,2H2,1H3,(H,22,23)/b20-11-. The lowest BCUT2D eigenvalue weighted by atomic mass is 10.2. The van der Waals surface area contributed by atoms with Crippen molar-refractivity contribution in [3.8, 4) is 0 Å². The number of nitrogens with zero attached hydrogens (tertiary/aromatic N) is 2. The highest BCUT2D eigenvalue weighted by Gasteiger charge is 2.19. The Morgan fingerprint density at radius 1 is 1.36 bits per heavy atom. The molecule has 0 spiro atoms. The summed E-state index contributed by atoms with van der Waals surface area (Å²) in [6.07, 6.45) is 2.28. The monoisotopic (exact) mass is 389 g/mol. The van der Waals surface area contributed by atoms with E-state index in [2.05, 4.69) is 15.5 Å². The fourth-order valence-electron chi connectivity index (χ4n) is 2.17. The lowest BCUT2D eigenvalue weighted by Gasteiger charge is -2.10. The van der Waals surface area contributed by atoms with Crippen LogP contribution in [0, 0.1) is 0 Å². The fourth-order valence-corrected chi connectivity index (χ4v) is 4.60. The van der Waals surface area contributed by atoms with Gasteiger partial charge in [-0.3, -0.25) is 4.79 Å². The second kappa shape index (κ2) is 8.47. The highest BCUT2D eigenvalue weighted by atomic mass is 35.5. The van der Waals surface area contributed by atoms with Crippen LogP contribution in [-0.4, -0.2) is 22.4 Å². The summed E-state index contributed by atoms with van der Waals surface area (Å²) in [7, 11) is 0. The summed E-state index contributed by atoms with van der Waals surface area (Å²) in [5.41, 5.74) is 4.39. The molecule has 0 radical (unpaired) electrons. The van der Waals surface area contributed by atoms with Crippen LogP contribution in [0.25, 0.3) is 10.2 Å². The summed E-state index contributed by atoms with van der Waals surface area (Å²) < 4.78 is 2.02. The van der Waals surface area contributed by atoms with Crippen molar-refractivity contribution in [2.75, 3.05) is 0 Å². The van der Waals surface area contributed by atoms with Crippen molar-refractivity contribution < 1.29 is 4.79 Å². The number of hydrogen-bond acceptors (Lipinski definition) is 5. The molecule has 25 heavy (non-hydrogen) atoms. The third-order valence-electron chi connectivity index (χ3n) is 3.42. The van der Waals surface area contributed by atoms with Gasteiger partial charge in [0.05, 0.1) is 21.7 Å². The summed E-state index contributed by atoms with van der Waals surface area (Å²) in [6, 6.07) is 15.2. The van der Waals surface area contributed by atoms with Crippen molar-refractivity contribution in [2.45, 2.75) is 22.9 Å². The second-order valence-corrected chi connectivity index (χ2v) is 8.17. The largest absolute Gasteiger partial charge is 0.272 e. The second-order valence-electron chi connectivity index (χ2n) is 5.25. The first-order valence-electron chi connectivity index (χ1n) is 7.76. The summed E-state index contributed by atoms with van der Waals surface area (Å²) in [4.78, 5) is 16.9. The van der Waals surface area contributed by atoms with Crippen LogP contribution in [0.15, 0.2) is 58.0 Å². The number of amides is 1. The molecule has 3 rings (SSSR count). The molecule has 1 N–H and O–H groups in total.